The lowest BCUT2D eigenvalue weighted by atomic mass is 10.0. The zero-order valence-corrected chi connectivity index (χ0v) is 21.8. The second-order valence-electron chi connectivity index (χ2n) is 10.8. The Kier molecular flexibility index (Phi) is 9.03. The number of carboxylic acid groups (broad SMARTS) is 1. The maximum atomic E-state index is 12.9. The maximum Gasteiger partial charge on any atom is 0.405 e. The van der Waals surface area contributed by atoms with Gasteiger partial charge in [-0.05, 0) is 60.9 Å². The summed E-state index contributed by atoms with van der Waals surface area (Å²) in [5.74, 6) is 1.13. The van der Waals surface area contributed by atoms with Crippen LogP contribution in [0, 0.1) is 25.7 Å². The molecule has 3 aliphatic rings. The quantitative estimate of drug-likeness (QED) is 0.547. The molecule has 1 saturated carbocycles. The molecule has 3 fully saturated rings. The van der Waals surface area contributed by atoms with Crippen molar-refractivity contribution in [3.05, 3.63) is 70.8 Å². The van der Waals surface area contributed by atoms with Crippen molar-refractivity contribution in [2.45, 2.75) is 58.4 Å². The molecule has 2 amide bonds. The Morgan fingerprint density at radius 2 is 1.50 bits per heavy atom. The fraction of sp³-hybridized carbons (Fsp3) is 0.533. The molecular weight excluding hydrogens is 450 g/mol. The van der Waals surface area contributed by atoms with Crippen LogP contribution in [0.3, 0.4) is 0 Å². The second kappa shape index (κ2) is 12.4. The smallest absolute Gasteiger partial charge is 0.405 e. The lowest BCUT2D eigenvalue weighted by Crippen LogP contribution is -2.35. The standard InChI is InChI=1S/C25H31N3O3.C5H10/c1-17-8-9-20(12-18(17)2)24(29)28-15-21-13-27(14-22(21)16-28)11-10-23(26-25(30)31)19-6-4-3-5-7-19;1-2-4-5-3-1/h3-9,12,21-23,26H,10-11,13-16H2,1-2H3,(H,30,31);1-5H2/t21-,22?,23?;/m0./s1. The summed E-state index contributed by atoms with van der Waals surface area (Å²) in [7, 11) is 0. The summed E-state index contributed by atoms with van der Waals surface area (Å²) in [6.45, 7) is 8.51. The van der Waals surface area contributed by atoms with Gasteiger partial charge in [-0.25, -0.2) is 4.79 Å². The topological polar surface area (TPSA) is 72.9 Å². The van der Waals surface area contributed by atoms with E-state index in [0.29, 0.717) is 11.8 Å². The van der Waals surface area contributed by atoms with Crippen LogP contribution in [0.25, 0.3) is 0 Å². The van der Waals surface area contributed by atoms with E-state index < -0.39 is 6.09 Å². The molecule has 2 heterocycles. The Balaban J connectivity index is 0.000000543. The summed E-state index contributed by atoms with van der Waals surface area (Å²) in [6.07, 6.45) is 7.24. The number of nitrogens with one attached hydrogen (secondary N) is 1. The van der Waals surface area contributed by atoms with Crippen LogP contribution in [0.2, 0.25) is 0 Å². The average molecular weight is 492 g/mol. The van der Waals surface area contributed by atoms with Crippen LogP contribution in [0.1, 0.15) is 71.6 Å². The highest BCUT2D eigenvalue weighted by atomic mass is 16.4. The molecule has 2 unspecified atom stereocenters. The van der Waals surface area contributed by atoms with Crippen LogP contribution >= 0.6 is 0 Å². The van der Waals surface area contributed by atoms with Crippen LogP contribution in [-0.2, 0) is 0 Å². The van der Waals surface area contributed by atoms with Crippen LogP contribution in [0.15, 0.2) is 48.5 Å². The monoisotopic (exact) mass is 491 g/mol. The second-order valence-corrected chi connectivity index (χ2v) is 10.8. The molecule has 0 aromatic heterocycles. The minimum Gasteiger partial charge on any atom is -0.465 e. The van der Waals surface area contributed by atoms with Crippen LogP contribution < -0.4 is 5.32 Å². The van der Waals surface area contributed by atoms with Gasteiger partial charge in [-0.15, -0.1) is 0 Å². The predicted molar refractivity (Wildman–Crippen MR) is 143 cm³/mol. The molecule has 1 aliphatic carbocycles. The third-order valence-electron chi connectivity index (χ3n) is 8.09. The molecule has 0 radical (unpaired) electrons. The predicted octanol–water partition coefficient (Wildman–Crippen LogP) is 5.66. The molecule has 2 aromatic rings. The highest BCUT2D eigenvalue weighted by molar-refractivity contribution is 5.94. The summed E-state index contributed by atoms with van der Waals surface area (Å²) in [4.78, 5) is 28.6. The van der Waals surface area contributed by atoms with Gasteiger partial charge >= 0.3 is 6.09 Å². The van der Waals surface area contributed by atoms with Crippen molar-refractivity contribution in [1.82, 2.24) is 15.1 Å². The van der Waals surface area contributed by atoms with Crippen LogP contribution in [0.5, 0.6) is 0 Å². The number of hydrogen-bond donors (Lipinski definition) is 2. The summed E-state index contributed by atoms with van der Waals surface area (Å²) in [5.41, 5.74) is 4.14. The molecule has 5 rings (SSSR count). The first-order valence-corrected chi connectivity index (χ1v) is 13.5. The minimum atomic E-state index is -0.993. The van der Waals surface area contributed by atoms with E-state index in [9.17, 15) is 14.7 Å². The van der Waals surface area contributed by atoms with Gasteiger partial charge in [0, 0.05) is 38.3 Å². The molecular formula is C30H41N3O3. The fourth-order valence-corrected chi connectivity index (χ4v) is 5.85. The van der Waals surface area contributed by atoms with E-state index in [-0.39, 0.29) is 11.9 Å². The molecule has 36 heavy (non-hydrogen) atoms. The van der Waals surface area contributed by atoms with Gasteiger partial charge in [0.05, 0.1) is 6.04 Å². The van der Waals surface area contributed by atoms with Crippen LogP contribution in [-0.4, -0.2) is 59.6 Å². The molecule has 6 heteroatoms. The van der Waals surface area contributed by atoms with E-state index in [0.717, 1.165) is 55.8 Å². The molecule has 0 bridgehead atoms. The number of nitrogens with zero attached hydrogens (tertiary/aromatic N) is 2. The Morgan fingerprint density at radius 3 is 2.06 bits per heavy atom. The number of aryl methyl sites for hydroxylation is 2. The van der Waals surface area contributed by atoms with Crippen molar-refractivity contribution in [3.8, 4) is 0 Å². The van der Waals surface area contributed by atoms with Gasteiger partial charge in [0.25, 0.3) is 5.91 Å². The van der Waals surface area contributed by atoms with Crippen molar-refractivity contribution >= 4 is 12.0 Å². The summed E-state index contributed by atoms with van der Waals surface area (Å²) in [5, 5.41) is 11.9. The van der Waals surface area contributed by atoms with Crippen molar-refractivity contribution in [1.29, 1.82) is 0 Å². The van der Waals surface area contributed by atoms with Crippen molar-refractivity contribution in [3.63, 3.8) is 0 Å². The zero-order valence-electron chi connectivity index (χ0n) is 21.8. The van der Waals surface area contributed by atoms with E-state index in [1.54, 1.807) is 0 Å². The number of amides is 2. The molecule has 2 N–H and O–H groups in total. The van der Waals surface area contributed by atoms with Crippen molar-refractivity contribution in [2.24, 2.45) is 11.8 Å². The number of carbonyl (C=O) groups is 2. The van der Waals surface area contributed by atoms with E-state index in [1.165, 1.54) is 37.7 Å². The third kappa shape index (κ3) is 6.88. The van der Waals surface area contributed by atoms with E-state index in [4.69, 9.17) is 0 Å². The number of fused-ring (bicyclic) bond motifs is 1. The maximum absolute atomic E-state index is 12.9. The fourth-order valence-electron chi connectivity index (χ4n) is 5.85. The van der Waals surface area contributed by atoms with Gasteiger partial charge in [0.15, 0.2) is 0 Å². The molecule has 2 saturated heterocycles. The lowest BCUT2D eigenvalue weighted by molar-refractivity contribution is 0.0773. The number of likely N-dealkylation sites (tertiary alicyclic amines) is 2. The molecule has 194 valence electrons. The van der Waals surface area contributed by atoms with Gasteiger partial charge in [-0.1, -0.05) is 68.5 Å². The SMILES string of the molecule is C1CCCC1.Cc1ccc(C(=O)N2CC3CN(CCC(NC(=O)O)c4ccccc4)C[C@H]3C2)cc1C. The Hall–Kier alpha value is -2.86. The summed E-state index contributed by atoms with van der Waals surface area (Å²) in [6, 6.07) is 15.5. The first kappa shape index (κ1) is 26.2. The lowest BCUT2D eigenvalue weighted by Gasteiger charge is -2.24. The number of hydrogen-bond acceptors (Lipinski definition) is 3. The summed E-state index contributed by atoms with van der Waals surface area (Å²) < 4.78 is 0. The first-order valence-electron chi connectivity index (χ1n) is 13.5. The number of carbonyl (C=O) groups excluding carboxylic acids is 1. The Labute approximate surface area is 215 Å². The van der Waals surface area contributed by atoms with Gasteiger partial charge in [0.2, 0.25) is 0 Å². The first-order chi connectivity index (χ1) is 17.4. The van der Waals surface area contributed by atoms with Gasteiger partial charge in [-0.3, -0.25) is 4.79 Å². The van der Waals surface area contributed by atoms with Gasteiger partial charge < -0.3 is 20.2 Å². The molecule has 3 atom stereocenters. The highest BCUT2D eigenvalue weighted by Gasteiger charge is 2.41. The number of rotatable bonds is 6. The largest absolute Gasteiger partial charge is 0.465 e. The zero-order chi connectivity index (χ0) is 25.5. The van der Waals surface area contributed by atoms with Crippen LogP contribution in [0.4, 0.5) is 4.79 Å². The van der Waals surface area contributed by atoms with E-state index in [2.05, 4.69) is 17.1 Å². The minimum absolute atomic E-state index is 0.138. The molecule has 2 aromatic carbocycles. The normalized spacial score (nSPS) is 22.0. The Morgan fingerprint density at radius 1 is 0.889 bits per heavy atom. The van der Waals surface area contributed by atoms with E-state index in [1.807, 2.05) is 60.4 Å². The Bertz CT molecular complexity index is 1000. The molecule has 0 spiro atoms. The van der Waals surface area contributed by atoms with Crippen molar-refractivity contribution in [2.75, 3.05) is 32.7 Å². The number of benzene rings is 2. The molecule has 6 nitrogen and oxygen atoms in total. The van der Waals surface area contributed by atoms with Crippen molar-refractivity contribution < 1.29 is 14.7 Å². The third-order valence-corrected chi connectivity index (χ3v) is 8.09. The average Bonchev–Trinajstić information content (AvgIpc) is 3.63. The van der Waals surface area contributed by atoms with Gasteiger partial charge in [0.1, 0.15) is 0 Å². The van der Waals surface area contributed by atoms with Gasteiger partial charge in [-0.2, -0.15) is 0 Å². The summed E-state index contributed by atoms with van der Waals surface area (Å²) >= 11 is 0. The van der Waals surface area contributed by atoms with E-state index >= 15 is 0 Å². The highest BCUT2D eigenvalue weighted by Crippen LogP contribution is 2.32. The molecule has 2 aliphatic heterocycles.